The Kier molecular flexibility index (Phi) is 5.39. The number of hydrogen-bond donors (Lipinski definition) is 2. The molecular weight excluding hydrogens is 356 g/mol. The summed E-state index contributed by atoms with van der Waals surface area (Å²) in [7, 11) is 0. The van der Waals surface area contributed by atoms with Gasteiger partial charge in [0.1, 0.15) is 0 Å². The fourth-order valence-electron chi connectivity index (χ4n) is 3.78. The minimum atomic E-state index is -0.308. The molecule has 126 valence electrons. The van der Waals surface area contributed by atoms with Crippen LogP contribution in [0.2, 0.25) is 0 Å². The van der Waals surface area contributed by atoms with Crippen molar-refractivity contribution in [1.82, 2.24) is 5.32 Å². The second kappa shape index (κ2) is 7.32. The summed E-state index contributed by atoms with van der Waals surface area (Å²) in [5.41, 5.74) is 6.91. The molecule has 1 aromatic carbocycles. The third-order valence-corrected chi connectivity index (χ3v) is 5.72. The molecule has 0 bridgehead atoms. The summed E-state index contributed by atoms with van der Waals surface area (Å²) in [5, 5.41) is 3.37. The lowest BCUT2D eigenvalue weighted by Crippen LogP contribution is -2.52. The molecule has 1 heterocycles. The van der Waals surface area contributed by atoms with Crippen molar-refractivity contribution in [3.05, 3.63) is 34.3 Å². The van der Waals surface area contributed by atoms with Gasteiger partial charge in [0.05, 0.1) is 5.54 Å². The lowest BCUT2D eigenvalue weighted by Gasteiger charge is -2.40. The Morgan fingerprint density at radius 1 is 1.22 bits per heavy atom. The molecule has 1 saturated carbocycles. The van der Waals surface area contributed by atoms with Crippen LogP contribution in [-0.4, -0.2) is 25.2 Å². The molecule has 2 fully saturated rings. The summed E-state index contributed by atoms with van der Waals surface area (Å²) in [6.07, 6.45) is 5.48. The predicted octanol–water partition coefficient (Wildman–Crippen LogP) is 3.09. The van der Waals surface area contributed by atoms with Gasteiger partial charge in [-0.05, 0) is 49.8 Å². The Morgan fingerprint density at radius 2 is 1.91 bits per heavy atom. The quantitative estimate of drug-likeness (QED) is 0.846. The van der Waals surface area contributed by atoms with Crippen molar-refractivity contribution in [1.29, 1.82) is 0 Å². The highest BCUT2D eigenvalue weighted by molar-refractivity contribution is 9.10. The Labute approximate surface area is 146 Å². The molecule has 2 atom stereocenters. The second-order valence-electron chi connectivity index (χ2n) is 6.81. The van der Waals surface area contributed by atoms with Gasteiger partial charge in [0, 0.05) is 29.6 Å². The van der Waals surface area contributed by atoms with E-state index in [0.717, 1.165) is 48.6 Å². The van der Waals surface area contributed by atoms with E-state index < -0.39 is 0 Å². The summed E-state index contributed by atoms with van der Waals surface area (Å²) in [5.74, 6) is 0.207. The van der Waals surface area contributed by atoms with Gasteiger partial charge in [0.25, 0.3) is 0 Å². The van der Waals surface area contributed by atoms with E-state index in [0.29, 0.717) is 13.2 Å². The van der Waals surface area contributed by atoms with Crippen molar-refractivity contribution in [2.75, 3.05) is 13.2 Å². The molecule has 23 heavy (non-hydrogen) atoms. The maximum Gasteiger partial charge on any atom is 0.223 e. The third-order valence-electron chi connectivity index (χ3n) is 5.19. The average molecular weight is 381 g/mol. The molecule has 3 rings (SSSR count). The standard InChI is InChI=1S/C18H25BrN2O2/c19-15-6-4-14(5-7-15)18(8-10-23-11-9-18)21-17(22)13-2-1-3-16(20)12-13/h4-7,13,16H,1-3,8-12,20H2,(H,21,22). The van der Waals surface area contributed by atoms with Crippen molar-refractivity contribution < 1.29 is 9.53 Å². The van der Waals surface area contributed by atoms with Gasteiger partial charge in [-0.15, -0.1) is 0 Å². The van der Waals surface area contributed by atoms with Crippen LogP contribution in [0.25, 0.3) is 0 Å². The van der Waals surface area contributed by atoms with Crippen molar-refractivity contribution >= 4 is 21.8 Å². The molecular formula is C18H25BrN2O2. The number of amides is 1. The van der Waals surface area contributed by atoms with Gasteiger partial charge in [-0.3, -0.25) is 4.79 Å². The maximum atomic E-state index is 12.8. The number of halogens is 1. The number of nitrogens with one attached hydrogen (secondary N) is 1. The van der Waals surface area contributed by atoms with E-state index in [9.17, 15) is 4.79 Å². The number of carbonyl (C=O) groups excluding carboxylic acids is 1. The van der Waals surface area contributed by atoms with Crippen LogP contribution >= 0.6 is 15.9 Å². The molecule has 0 aromatic heterocycles. The summed E-state index contributed by atoms with van der Waals surface area (Å²) in [6, 6.07) is 8.44. The van der Waals surface area contributed by atoms with Crippen LogP contribution in [-0.2, 0) is 15.1 Å². The lowest BCUT2D eigenvalue weighted by atomic mass is 9.80. The Hall–Kier alpha value is -0.910. The Balaban J connectivity index is 1.78. The lowest BCUT2D eigenvalue weighted by molar-refractivity contribution is -0.129. The maximum absolute atomic E-state index is 12.8. The SMILES string of the molecule is NC1CCCC(C(=O)NC2(c3ccc(Br)cc3)CCOCC2)C1. The zero-order chi connectivity index (χ0) is 16.3. The normalized spacial score (nSPS) is 27.4. The zero-order valence-electron chi connectivity index (χ0n) is 13.4. The van der Waals surface area contributed by atoms with Crippen molar-refractivity contribution in [2.45, 2.75) is 50.1 Å². The van der Waals surface area contributed by atoms with Gasteiger partial charge in [-0.1, -0.05) is 34.5 Å². The first-order chi connectivity index (χ1) is 11.1. The molecule has 0 radical (unpaired) electrons. The first-order valence-electron chi connectivity index (χ1n) is 8.50. The van der Waals surface area contributed by atoms with Crippen LogP contribution < -0.4 is 11.1 Å². The van der Waals surface area contributed by atoms with Gasteiger partial charge in [0.2, 0.25) is 5.91 Å². The van der Waals surface area contributed by atoms with Crippen LogP contribution in [0.4, 0.5) is 0 Å². The van der Waals surface area contributed by atoms with E-state index in [1.54, 1.807) is 0 Å². The monoisotopic (exact) mass is 380 g/mol. The number of carbonyl (C=O) groups is 1. The van der Waals surface area contributed by atoms with Crippen molar-refractivity contribution in [3.63, 3.8) is 0 Å². The van der Waals surface area contributed by atoms with Crippen LogP contribution in [0.3, 0.4) is 0 Å². The van der Waals surface area contributed by atoms with E-state index in [1.165, 1.54) is 0 Å². The van der Waals surface area contributed by atoms with E-state index in [4.69, 9.17) is 10.5 Å². The zero-order valence-corrected chi connectivity index (χ0v) is 15.0. The highest BCUT2D eigenvalue weighted by atomic mass is 79.9. The summed E-state index contributed by atoms with van der Waals surface area (Å²) >= 11 is 3.48. The predicted molar refractivity (Wildman–Crippen MR) is 93.9 cm³/mol. The molecule has 3 N–H and O–H groups in total. The highest BCUT2D eigenvalue weighted by Gasteiger charge is 2.38. The van der Waals surface area contributed by atoms with Crippen molar-refractivity contribution in [2.24, 2.45) is 11.7 Å². The van der Waals surface area contributed by atoms with Crippen molar-refractivity contribution in [3.8, 4) is 0 Å². The van der Waals surface area contributed by atoms with Crippen LogP contribution in [0, 0.1) is 5.92 Å². The largest absolute Gasteiger partial charge is 0.381 e. The highest BCUT2D eigenvalue weighted by Crippen LogP contribution is 2.34. The fourth-order valence-corrected chi connectivity index (χ4v) is 4.04. The summed E-state index contributed by atoms with van der Waals surface area (Å²) in [4.78, 5) is 12.8. The van der Waals surface area contributed by atoms with Gasteiger partial charge >= 0.3 is 0 Å². The Morgan fingerprint density at radius 3 is 2.57 bits per heavy atom. The first-order valence-corrected chi connectivity index (χ1v) is 9.30. The number of hydrogen-bond acceptors (Lipinski definition) is 3. The minimum Gasteiger partial charge on any atom is -0.381 e. The topological polar surface area (TPSA) is 64.4 Å². The molecule has 4 nitrogen and oxygen atoms in total. The van der Waals surface area contributed by atoms with E-state index in [2.05, 4.69) is 33.4 Å². The molecule has 1 amide bonds. The van der Waals surface area contributed by atoms with Crippen LogP contribution in [0.5, 0.6) is 0 Å². The third kappa shape index (κ3) is 3.95. The van der Waals surface area contributed by atoms with Gasteiger partial charge < -0.3 is 15.8 Å². The van der Waals surface area contributed by atoms with E-state index >= 15 is 0 Å². The molecule has 1 saturated heterocycles. The van der Waals surface area contributed by atoms with E-state index in [-0.39, 0.29) is 23.4 Å². The molecule has 1 aliphatic carbocycles. The number of ether oxygens (including phenoxy) is 1. The van der Waals surface area contributed by atoms with Gasteiger partial charge in [-0.25, -0.2) is 0 Å². The summed E-state index contributed by atoms with van der Waals surface area (Å²) < 4.78 is 6.58. The van der Waals surface area contributed by atoms with E-state index in [1.807, 2.05) is 12.1 Å². The van der Waals surface area contributed by atoms with Crippen LogP contribution in [0.1, 0.15) is 44.1 Å². The Bertz CT molecular complexity index is 540. The average Bonchev–Trinajstić information content (AvgIpc) is 2.56. The minimum absolute atomic E-state index is 0.0499. The smallest absolute Gasteiger partial charge is 0.223 e. The number of rotatable bonds is 3. The number of nitrogens with two attached hydrogens (primary N) is 1. The molecule has 1 aliphatic heterocycles. The molecule has 5 heteroatoms. The first kappa shape index (κ1) is 16.9. The molecule has 2 aliphatic rings. The molecule has 2 unspecified atom stereocenters. The van der Waals surface area contributed by atoms with Gasteiger partial charge in [-0.2, -0.15) is 0 Å². The summed E-state index contributed by atoms with van der Waals surface area (Å²) in [6.45, 7) is 1.36. The second-order valence-corrected chi connectivity index (χ2v) is 7.73. The van der Waals surface area contributed by atoms with Crippen LogP contribution in [0.15, 0.2) is 28.7 Å². The fraction of sp³-hybridized carbons (Fsp3) is 0.611. The number of benzene rings is 1. The van der Waals surface area contributed by atoms with Gasteiger partial charge in [0.15, 0.2) is 0 Å². The molecule has 1 aromatic rings. The molecule has 0 spiro atoms.